The van der Waals surface area contributed by atoms with E-state index < -0.39 is 17.5 Å². The Bertz CT molecular complexity index is 465. The van der Waals surface area contributed by atoms with Gasteiger partial charge >= 0.3 is 6.09 Å². The van der Waals surface area contributed by atoms with Crippen LogP contribution in [0.15, 0.2) is 24.3 Å². The predicted octanol–water partition coefficient (Wildman–Crippen LogP) is 2.03. The van der Waals surface area contributed by atoms with Crippen LogP contribution in [0.3, 0.4) is 0 Å². The maximum atomic E-state index is 13.2. The molecule has 2 atom stereocenters. The van der Waals surface area contributed by atoms with Gasteiger partial charge in [0.05, 0.1) is 5.60 Å². The first-order chi connectivity index (χ1) is 8.43. The van der Waals surface area contributed by atoms with E-state index in [1.807, 2.05) is 0 Å². The molecule has 1 aliphatic heterocycles. The standard InChI is InChI=1S/C13H16FNO3/c1-9-8-15(12(16)17)6-5-13(9,18)10-3-2-4-11(14)7-10/h2-4,7,9,18H,5-6,8H2,1H3,(H,16,17)/t9-,13-/m0/s1. The van der Waals surface area contributed by atoms with Crippen molar-refractivity contribution < 1.29 is 19.4 Å². The van der Waals surface area contributed by atoms with E-state index in [4.69, 9.17) is 5.11 Å². The van der Waals surface area contributed by atoms with Crippen LogP contribution in [0.1, 0.15) is 18.9 Å². The van der Waals surface area contributed by atoms with Crippen LogP contribution in [-0.4, -0.2) is 34.3 Å². The molecule has 1 amide bonds. The summed E-state index contributed by atoms with van der Waals surface area (Å²) in [6.07, 6.45) is -0.702. The van der Waals surface area contributed by atoms with Gasteiger partial charge in [-0.15, -0.1) is 0 Å². The van der Waals surface area contributed by atoms with Crippen LogP contribution in [0.2, 0.25) is 0 Å². The number of hydrogen-bond acceptors (Lipinski definition) is 2. The molecule has 98 valence electrons. The normalized spacial score (nSPS) is 28.2. The van der Waals surface area contributed by atoms with Crippen molar-refractivity contribution >= 4 is 6.09 Å². The molecule has 0 bridgehead atoms. The Kier molecular flexibility index (Phi) is 3.26. The van der Waals surface area contributed by atoms with Gasteiger partial charge in [0.1, 0.15) is 5.82 Å². The number of benzene rings is 1. The lowest BCUT2D eigenvalue weighted by atomic mass is 9.77. The van der Waals surface area contributed by atoms with Crippen molar-refractivity contribution in [2.24, 2.45) is 5.92 Å². The number of nitrogens with zero attached hydrogens (tertiary/aromatic N) is 1. The molecule has 1 heterocycles. The summed E-state index contributed by atoms with van der Waals surface area (Å²) >= 11 is 0. The Hall–Kier alpha value is -1.62. The van der Waals surface area contributed by atoms with E-state index in [0.29, 0.717) is 5.56 Å². The van der Waals surface area contributed by atoms with Gasteiger partial charge in [-0.25, -0.2) is 9.18 Å². The summed E-state index contributed by atoms with van der Waals surface area (Å²) in [5, 5.41) is 19.6. The van der Waals surface area contributed by atoms with Crippen LogP contribution in [0, 0.1) is 11.7 Å². The van der Waals surface area contributed by atoms with Crippen LogP contribution in [0.25, 0.3) is 0 Å². The van der Waals surface area contributed by atoms with Crippen molar-refractivity contribution in [3.63, 3.8) is 0 Å². The summed E-state index contributed by atoms with van der Waals surface area (Å²) < 4.78 is 13.2. The lowest BCUT2D eigenvalue weighted by Gasteiger charge is -2.42. The van der Waals surface area contributed by atoms with E-state index in [1.165, 1.54) is 17.0 Å². The van der Waals surface area contributed by atoms with Gasteiger partial charge in [-0.2, -0.15) is 0 Å². The van der Waals surface area contributed by atoms with Crippen molar-refractivity contribution in [1.29, 1.82) is 0 Å². The van der Waals surface area contributed by atoms with Crippen LogP contribution >= 0.6 is 0 Å². The van der Waals surface area contributed by atoms with E-state index in [1.54, 1.807) is 19.1 Å². The van der Waals surface area contributed by atoms with Crippen LogP contribution < -0.4 is 0 Å². The van der Waals surface area contributed by atoms with Gasteiger partial charge in [-0.05, 0) is 24.1 Å². The maximum absolute atomic E-state index is 13.2. The summed E-state index contributed by atoms with van der Waals surface area (Å²) in [5.41, 5.74) is -0.645. The van der Waals surface area contributed by atoms with E-state index in [2.05, 4.69) is 0 Å². The highest BCUT2D eigenvalue weighted by molar-refractivity contribution is 5.65. The fraction of sp³-hybridized carbons (Fsp3) is 0.462. The number of carbonyl (C=O) groups is 1. The molecule has 1 aromatic carbocycles. The quantitative estimate of drug-likeness (QED) is 0.805. The van der Waals surface area contributed by atoms with Crippen LogP contribution in [-0.2, 0) is 5.60 Å². The molecule has 1 aliphatic rings. The number of hydrogen-bond donors (Lipinski definition) is 2. The molecule has 1 saturated heterocycles. The Labute approximate surface area is 105 Å². The molecule has 0 aliphatic carbocycles. The van der Waals surface area contributed by atoms with Crippen LogP contribution in [0.4, 0.5) is 9.18 Å². The Balaban J connectivity index is 2.25. The minimum Gasteiger partial charge on any atom is -0.465 e. The first-order valence-corrected chi connectivity index (χ1v) is 5.90. The number of aliphatic hydroxyl groups is 1. The average molecular weight is 253 g/mol. The smallest absolute Gasteiger partial charge is 0.407 e. The number of likely N-dealkylation sites (tertiary alicyclic amines) is 1. The predicted molar refractivity (Wildman–Crippen MR) is 63.7 cm³/mol. The topological polar surface area (TPSA) is 60.8 Å². The highest BCUT2D eigenvalue weighted by Gasteiger charge is 2.41. The zero-order valence-electron chi connectivity index (χ0n) is 10.1. The second-order valence-corrected chi connectivity index (χ2v) is 4.81. The van der Waals surface area contributed by atoms with Gasteiger partial charge in [0, 0.05) is 19.0 Å². The summed E-state index contributed by atoms with van der Waals surface area (Å²) in [4.78, 5) is 12.2. The van der Waals surface area contributed by atoms with E-state index >= 15 is 0 Å². The van der Waals surface area contributed by atoms with E-state index in [9.17, 15) is 14.3 Å². The molecule has 0 spiro atoms. The van der Waals surface area contributed by atoms with Crippen LogP contribution in [0.5, 0.6) is 0 Å². The lowest BCUT2D eigenvalue weighted by Crippen LogP contribution is -2.50. The summed E-state index contributed by atoms with van der Waals surface area (Å²) in [7, 11) is 0. The largest absolute Gasteiger partial charge is 0.465 e. The van der Waals surface area contributed by atoms with Crippen molar-refractivity contribution in [2.45, 2.75) is 18.9 Å². The summed E-state index contributed by atoms with van der Waals surface area (Å²) in [5.74, 6) is -0.669. The molecule has 0 radical (unpaired) electrons. The highest BCUT2D eigenvalue weighted by Crippen LogP contribution is 2.37. The monoisotopic (exact) mass is 253 g/mol. The Morgan fingerprint density at radius 2 is 2.28 bits per heavy atom. The van der Waals surface area contributed by atoms with Gasteiger partial charge in [-0.3, -0.25) is 0 Å². The minimum atomic E-state index is -1.16. The van der Waals surface area contributed by atoms with Crippen molar-refractivity contribution in [1.82, 2.24) is 4.90 Å². The number of amides is 1. The fourth-order valence-electron chi connectivity index (χ4n) is 2.49. The molecule has 2 rings (SSSR count). The molecule has 4 nitrogen and oxygen atoms in total. The minimum absolute atomic E-state index is 0.252. The third-order valence-corrected chi connectivity index (χ3v) is 3.67. The molecule has 5 heteroatoms. The first kappa shape index (κ1) is 12.8. The van der Waals surface area contributed by atoms with Gasteiger partial charge in [0.25, 0.3) is 0 Å². The zero-order chi connectivity index (χ0) is 13.3. The second-order valence-electron chi connectivity index (χ2n) is 4.81. The number of rotatable bonds is 1. The average Bonchev–Trinajstić information content (AvgIpc) is 2.32. The molecule has 0 aromatic heterocycles. The van der Waals surface area contributed by atoms with Gasteiger partial charge in [0.2, 0.25) is 0 Å². The Morgan fingerprint density at radius 3 is 2.83 bits per heavy atom. The third kappa shape index (κ3) is 2.18. The molecule has 1 aromatic rings. The van der Waals surface area contributed by atoms with E-state index in [0.717, 1.165) is 0 Å². The third-order valence-electron chi connectivity index (χ3n) is 3.67. The lowest BCUT2D eigenvalue weighted by molar-refractivity contribution is -0.0656. The van der Waals surface area contributed by atoms with Crippen molar-refractivity contribution in [2.75, 3.05) is 13.1 Å². The zero-order valence-corrected chi connectivity index (χ0v) is 10.1. The molecule has 2 N–H and O–H groups in total. The number of halogens is 1. The SMILES string of the molecule is C[C@H]1CN(C(=O)O)CC[C@@]1(O)c1cccc(F)c1. The molecular weight excluding hydrogens is 237 g/mol. The molecule has 0 unspecified atom stereocenters. The number of piperidine rings is 1. The fourth-order valence-corrected chi connectivity index (χ4v) is 2.49. The molecule has 0 saturated carbocycles. The number of carboxylic acid groups (broad SMARTS) is 1. The van der Waals surface area contributed by atoms with Crippen molar-refractivity contribution in [3.05, 3.63) is 35.6 Å². The molecule has 1 fully saturated rings. The maximum Gasteiger partial charge on any atom is 0.407 e. The Morgan fingerprint density at radius 1 is 1.56 bits per heavy atom. The van der Waals surface area contributed by atoms with Gasteiger partial charge in [-0.1, -0.05) is 19.1 Å². The second kappa shape index (κ2) is 4.57. The van der Waals surface area contributed by atoms with Crippen molar-refractivity contribution in [3.8, 4) is 0 Å². The van der Waals surface area contributed by atoms with Gasteiger partial charge in [0.15, 0.2) is 0 Å². The molecular formula is C13H16FNO3. The van der Waals surface area contributed by atoms with E-state index in [-0.39, 0.29) is 25.4 Å². The van der Waals surface area contributed by atoms with Gasteiger partial charge < -0.3 is 15.1 Å². The molecule has 18 heavy (non-hydrogen) atoms. The summed E-state index contributed by atoms with van der Waals surface area (Å²) in [6, 6.07) is 5.87. The highest BCUT2D eigenvalue weighted by atomic mass is 19.1. The first-order valence-electron chi connectivity index (χ1n) is 5.90. The summed E-state index contributed by atoms with van der Waals surface area (Å²) in [6.45, 7) is 2.29.